The fourth-order valence-corrected chi connectivity index (χ4v) is 4.07. The first kappa shape index (κ1) is 14.3. The Bertz CT molecular complexity index is 245. The second kappa shape index (κ2) is 6.38. The summed E-state index contributed by atoms with van der Waals surface area (Å²) in [6, 6.07) is 1.55. The van der Waals surface area contributed by atoms with Crippen molar-refractivity contribution in [2.45, 2.75) is 89.8 Å². The van der Waals surface area contributed by atoms with Gasteiger partial charge in [-0.1, -0.05) is 39.5 Å². The van der Waals surface area contributed by atoms with Crippen LogP contribution in [-0.2, 0) is 0 Å². The second-order valence-electron chi connectivity index (χ2n) is 6.62. The molecule has 2 fully saturated rings. The van der Waals surface area contributed by atoms with E-state index in [0.717, 1.165) is 12.1 Å². The van der Waals surface area contributed by atoms with Crippen molar-refractivity contribution >= 4 is 0 Å². The highest BCUT2D eigenvalue weighted by molar-refractivity contribution is 5.01. The highest BCUT2D eigenvalue weighted by atomic mass is 15.3. The average Bonchev–Trinajstić information content (AvgIpc) is 2.81. The first-order chi connectivity index (χ1) is 8.71. The van der Waals surface area contributed by atoms with Crippen molar-refractivity contribution in [3.63, 3.8) is 0 Å². The molecule has 2 heteroatoms. The third kappa shape index (κ3) is 3.08. The maximum absolute atomic E-state index is 3.91. The molecule has 18 heavy (non-hydrogen) atoms. The number of piperazine rings is 1. The maximum Gasteiger partial charge on any atom is 0.0309 e. The van der Waals surface area contributed by atoms with E-state index in [1.54, 1.807) is 0 Å². The predicted molar refractivity (Wildman–Crippen MR) is 79.0 cm³/mol. The second-order valence-corrected chi connectivity index (χ2v) is 6.62. The highest BCUT2D eigenvalue weighted by Crippen LogP contribution is 2.34. The first-order valence-electron chi connectivity index (χ1n) is 8.21. The van der Waals surface area contributed by atoms with E-state index < -0.39 is 0 Å². The monoisotopic (exact) mass is 252 g/mol. The molecule has 1 saturated carbocycles. The van der Waals surface area contributed by atoms with E-state index in [2.05, 4.69) is 31.0 Å². The lowest BCUT2D eigenvalue weighted by molar-refractivity contribution is 0.0410. The maximum atomic E-state index is 3.91. The number of nitrogens with zero attached hydrogens (tertiary/aromatic N) is 1. The fraction of sp³-hybridized carbons (Fsp3) is 1.00. The Labute approximate surface area is 114 Å². The summed E-state index contributed by atoms with van der Waals surface area (Å²) < 4.78 is 0. The summed E-state index contributed by atoms with van der Waals surface area (Å²) in [7, 11) is 0. The zero-order valence-electron chi connectivity index (χ0n) is 12.7. The molecular weight excluding hydrogens is 220 g/mol. The average molecular weight is 252 g/mol. The summed E-state index contributed by atoms with van der Waals surface area (Å²) >= 11 is 0. The summed E-state index contributed by atoms with van der Waals surface area (Å²) in [5, 5.41) is 3.91. The summed E-state index contributed by atoms with van der Waals surface area (Å²) in [6.45, 7) is 9.61. The van der Waals surface area contributed by atoms with E-state index in [1.165, 1.54) is 64.5 Å². The molecule has 1 heterocycles. The third-order valence-corrected chi connectivity index (χ3v) is 5.12. The van der Waals surface area contributed by atoms with E-state index in [9.17, 15) is 0 Å². The van der Waals surface area contributed by atoms with Crippen molar-refractivity contribution in [2.24, 2.45) is 0 Å². The van der Waals surface area contributed by atoms with Crippen LogP contribution in [0.15, 0.2) is 0 Å². The van der Waals surface area contributed by atoms with Crippen LogP contribution in [0, 0.1) is 0 Å². The van der Waals surface area contributed by atoms with E-state index in [4.69, 9.17) is 0 Å². The quantitative estimate of drug-likeness (QED) is 0.805. The summed E-state index contributed by atoms with van der Waals surface area (Å²) in [5.74, 6) is 0. The van der Waals surface area contributed by atoms with Gasteiger partial charge in [0.15, 0.2) is 0 Å². The molecule has 106 valence electrons. The lowest BCUT2D eigenvalue weighted by Crippen LogP contribution is -2.64. The van der Waals surface area contributed by atoms with Crippen LogP contribution in [0.3, 0.4) is 0 Å². The summed E-state index contributed by atoms with van der Waals surface area (Å²) in [6.07, 6.45) is 11.0. The van der Waals surface area contributed by atoms with Crippen LogP contribution in [0.5, 0.6) is 0 Å². The molecule has 2 unspecified atom stereocenters. The molecule has 1 N–H and O–H groups in total. The number of nitrogens with one attached hydrogen (secondary N) is 1. The van der Waals surface area contributed by atoms with E-state index in [-0.39, 0.29) is 0 Å². The third-order valence-electron chi connectivity index (χ3n) is 5.12. The molecule has 0 bridgehead atoms. The van der Waals surface area contributed by atoms with Crippen LogP contribution >= 0.6 is 0 Å². The molecule has 0 aromatic rings. The van der Waals surface area contributed by atoms with Gasteiger partial charge in [0.1, 0.15) is 0 Å². The van der Waals surface area contributed by atoms with Gasteiger partial charge in [-0.25, -0.2) is 0 Å². The van der Waals surface area contributed by atoms with Crippen molar-refractivity contribution in [3.8, 4) is 0 Å². The molecule has 0 amide bonds. The fourth-order valence-electron chi connectivity index (χ4n) is 4.07. The Morgan fingerprint density at radius 3 is 2.56 bits per heavy atom. The van der Waals surface area contributed by atoms with Crippen LogP contribution in [0.4, 0.5) is 0 Å². The molecule has 1 spiro atoms. The zero-order valence-corrected chi connectivity index (χ0v) is 12.7. The first-order valence-corrected chi connectivity index (χ1v) is 8.21. The number of rotatable bonds is 5. The van der Waals surface area contributed by atoms with Crippen molar-refractivity contribution < 1.29 is 0 Å². The molecule has 1 aliphatic carbocycles. The molecule has 1 aliphatic heterocycles. The Balaban J connectivity index is 2.02. The normalized spacial score (nSPS) is 29.8. The van der Waals surface area contributed by atoms with Gasteiger partial charge < -0.3 is 5.32 Å². The molecule has 2 aliphatic rings. The molecule has 0 radical (unpaired) electrons. The van der Waals surface area contributed by atoms with Gasteiger partial charge in [0.05, 0.1) is 0 Å². The standard InChI is InChI=1S/C16H32N2/c1-4-8-14(3)18-13-16(10-6-7-11-16)17-12-15(18)9-5-2/h14-15,17H,4-13H2,1-3H3. The van der Waals surface area contributed by atoms with Gasteiger partial charge >= 0.3 is 0 Å². The van der Waals surface area contributed by atoms with Crippen molar-refractivity contribution in [1.82, 2.24) is 10.2 Å². The van der Waals surface area contributed by atoms with Crippen molar-refractivity contribution in [1.29, 1.82) is 0 Å². The van der Waals surface area contributed by atoms with Gasteiger partial charge in [-0.3, -0.25) is 4.90 Å². The van der Waals surface area contributed by atoms with Gasteiger partial charge in [-0.05, 0) is 32.6 Å². The van der Waals surface area contributed by atoms with Crippen LogP contribution in [0.25, 0.3) is 0 Å². The van der Waals surface area contributed by atoms with Gasteiger partial charge in [0, 0.05) is 30.7 Å². The minimum atomic E-state index is 0.478. The smallest absolute Gasteiger partial charge is 0.0309 e. The molecule has 1 saturated heterocycles. The van der Waals surface area contributed by atoms with Crippen molar-refractivity contribution in [3.05, 3.63) is 0 Å². The minimum absolute atomic E-state index is 0.478. The van der Waals surface area contributed by atoms with Crippen LogP contribution in [0.1, 0.15) is 72.1 Å². The lowest BCUT2D eigenvalue weighted by atomic mass is 9.89. The van der Waals surface area contributed by atoms with Crippen LogP contribution in [-0.4, -0.2) is 35.6 Å². The SMILES string of the molecule is CCCC(C)N1CC2(CCCC2)NCC1CCC. The van der Waals surface area contributed by atoms with Gasteiger partial charge in [0.25, 0.3) is 0 Å². The molecule has 0 aromatic heterocycles. The highest BCUT2D eigenvalue weighted by Gasteiger charge is 2.41. The number of hydrogen-bond donors (Lipinski definition) is 1. The largest absolute Gasteiger partial charge is 0.308 e. The Morgan fingerprint density at radius 2 is 1.94 bits per heavy atom. The van der Waals surface area contributed by atoms with Crippen LogP contribution < -0.4 is 5.32 Å². The van der Waals surface area contributed by atoms with Crippen molar-refractivity contribution in [2.75, 3.05) is 13.1 Å². The molecule has 2 rings (SSSR count). The topological polar surface area (TPSA) is 15.3 Å². The Morgan fingerprint density at radius 1 is 1.22 bits per heavy atom. The van der Waals surface area contributed by atoms with Gasteiger partial charge in [-0.2, -0.15) is 0 Å². The Hall–Kier alpha value is -0.0800. The lowest BCUT2D eigenvalue weighted by Gasteiger charge is -2.49. The molecular formula is C16H32N2. The Kier molecular flexibility index (Phi) is 5.08. The van der Waals surface area contributed by atoms with Gasteiger partial charge in [0.2, 0.25) is 0 Å². The van der Waals surface area contributed by atoms with Gasteiger partial charge in [-0.15, -0.1) is 0 Å². The summed E-state index contributed by atoms with van der Waals surface area (Å²) in [5.41, 5.74) is 0.478. The molecule has 2 atom stereocenters. The van der Waals surface area contributed by atoms with E-state index >= 15 is 0 Å². The van der Waals surface area contributed by atoms with Crippen LogP contribution in [0.2, 0.25) is 0 Å². The van der Waals surface area contributed by atoms with E-state index in [1.807, 2.05) is 0 Å². The van der Waals surface area contributed by atoms with E-state index in [0.29, 0.717) is 5.54 Å². The molecule has 2 nitrogen and oxygen atoms in total. The molecule has 0 aromatic carbocycles. The zero-order chi connectivity index (χ0) is 13.0. The number of hydrogen-bond acceptors (Lipinski definition) is 2. The predicted octanol–water partition coefficient (Wildman–Crippen LogP) is 3.56. The summed E-state index contributed by atoms with van der Waals surface area (Å²) in [4.78, 5) is 2.84. The minimum Gasteiger partial charge on any atom is -0.308 e.